The Balaban J connectivity index is 1.34. The summed E-state index contributed by atoms with van der Waals surface area (Å²) >= 11 is 1.72. The van der Waals surface area contributed by atoms with Crippen molar-refractivity contribution < 1.29 is 4.74 Å². The van der Waals surface area contributed by atoms with Crippen molar-refractivity contribution in [3.63, 3.8) is 0 Å². The van der Waals surface area contributed by atoms with Gasteiger partial charge in [-0.3, -0.25) is 9.80 Å². The Bertz CT molecular complexity index is 703. The van der Waals surface area contributed by atoms with E-state index in [-0.39, 0.29) is 0 Å². The van der Waals surface area contributed by atoms with E-state index in [2.05, 4.69) is 21.2 Å². The molecule has 0 unspecified atom stereocenters. The summed E-state index contributed by atoms with van der Waals surface area (Å²) in [6.45, 7) is 5.72. The molecule has 2 fully saturated rings. The molecule has 0 spiro atoms. The number of para-hydroxylation sites is 1. The molecule has 0 N–H and O–H groups in total. The maximum Gasteiger partial charge on any atom is 0.129 e. The van der Waals surface area contributed by atoms with Crippen LogP contribution >= 0.6 is 11.3 Å². The molecule has 26 heavy (non-hydrogen) atoms. The molecule has 1 aromatic carbocycles. The Morgan fingerprint density at radius 2 is 1.85 bits per heavy atom. The van der Waals surface area contributed by atoms with E-state index >= 15 is 0 Å². The number of methoxy groups -OCH3 is 1. The fourth-order valence-electron chi connectivity index (χ4n) is 4.29. The van der Waals surface area contributed by atoms with Crippen molar-refractivity contribution in [2.45, 2.75) is 44.7 Å². The largest absolute Gasteiger partial charge is 0.496 e. The van der Waals surface area contributed by atoms with Gasteiger partial charge < -0.3 is 4.74 Å². The van der Waals surface area contributed by atoms with Gasteiger partial charge in [-0.15, -0.1) is 11.3 Å². The number of rotatable bonds is 5. The second-order valence-electron chi connectivity index (χ2n) is 7.45. The summed E-state index contributed by atoms with van der Waals surface area (Å²) < 4.78 is 5.48. The number of benzene rings is 1. The fourth-order valence-corrected chi connectivity index (χ4v) is 5.13. The predicted molar refractivity (Wildman–Crippen MR) is 108 cm³/mol. The zero-order valence-electron chi connectivity index (χ0n) is 15.7. The van der Waals surface area contributed by atoms with Gasteiger partial charge in [0.1, 0.15) is 10.8 Å². The van der Waals surface area contributed by atoms with Crippen molar-refractivity contribution >= 4 is 11.3 Å². The van der Waals surface area contributed by atoms with Gasteiger partial charge in [-0.1, -0.05) is 31.4 Å². The Morgan fingerprint density at radius 3 is 2.62 bits per heavy atom. The van der Waals surface area contributed by atoms with Crippen molar-refractivity contribution in [1.82, 2.24) is 14.8 Å². The molecule has 1 aliphatic heterocycles. The standard InChI is InChI=1S/C21H29N3OS/c1-25-20-10-6-5-9-19(20)21-22-17(16-26-21)15-23-11-13-24(14-12-23)18-7-3-2-4-8-18/h5-6,9-10,16,18H,2-4,7-8,11-15H2,1H3. The molecule has 2 aromatic rings. The van der Waals surface area contributed by atoms with Gasteiger partial charge in [0.05, 0.1) is 18.4 Å². The Labute approximate surface area is 160 Å². The molecule has 1 saturated heterocycles. The normalized spacial score (nSPS) is 20.3. The van der Waals surface area contributed by atoms with Crippen LogP contribution in [0.25, 0.3) is 10.6 Å². The first-order valence-corrected chi connectivity index (χ1v) is 10.8. The van der Waals surface area contributed by atoms with Crippen LogP contribution in [0.3, 0.4) is 0 Å². The third kappa shape index (κ3) is 4.11. The minimum Gasteiger partial charge on any atom is -0.496 e. The molecule has 0 amide bonds. The molecule has 4 rings (SSSR count). The second kappa shape index (κ2) is 8.51. The first-order chi connectivity index (χ1) is 12.8. The average molecular weight is 372 g/mol. The summed E-state index contributed by atoms with van der Waals surface area (Å²) in [5.74, 6) is 0.898. The van der Waals surface area contributed by atoms with Gasteiger partial charge in [-0.2, -0.15) is 0 Å². The van der Waals surface area contributed by atoms with E-state index in [4.69, 9.17) is 9.72 Å². The van der Waals surface area contributed by atoms with E-state index in [1.54, 1.807) is 18.4 Å². The SMILES string of the molecule is COc1ccccc1-c1nc(CN2CCN(C3CCCCC3)CC2)cs1. The monoisotopic (exact) mass is 371 g/mol. The van der Waals surface area contributed by atoms with Crippen molar-refractivity contribution in [3.8, 4) is 16.3 Å². The molecule has 2 aliphatic rings. The number of ether oxygens (including phenoxy) is 1. The highest BCUT2D eigenvalue weighted by Crippen LogP contribution is 2.32. The number of aromatic nitrogens is 1. The molecule has 0 radical (unpaired) electrons. The highest BCUT2D eigenvalue weighted by molar-refractivity contribution is 7.13. The van der Waals surface area contributed by atoms with Crippen molar-refractivity contribution in [2.24, 2.45) is 0 Å². The summed E-state index contributed by atoms with van der Waals surface area (Å²) in [5, 5.41) is 3.26. The van der Waals surface area contributed by atoms with Crippen LogP contribution in [0, 0.1) is 0 Å². The van der Waals surface area contributed by atoms with Crippen LogP contribution in [0.4, 0.5) is 0 Å². The van der Waals surface area contributed by atoms with Crippen LogP contribution in [0.5, 0.6) is 5.75 Å². The van der Waals surface area contributed by atoms with E-state index in [1.807, 2.05) is 18.2 Å². The molecule has 4 nitrogen and oxygen atoms in total. The average Bonchev–Trinajstić information content (AvgIpc) is 3.17. The molecular formula is C21H29N3OS. The minimum atomic E-state index is 0.849. The summed E-state index contributed by atoms with van der Waals surface area (Å²) in [7, 11) is 1.72. The molecule has 2 heterocycles. The number of hydrogen-bond donors (Lipinski definition) is 0. The van der Waals surface area contributed by atoms with Crippen molar-refractivity contribution in [2.75, 3.05) is 33.3 Å². The van der Waals surface area contributed by atoms with Gasteiger partial charge in [0.25, 0.3) is 0 Å². The van der Waals surface area contributed by atoms with Gasteiger partial charge in [0.2, 0.25) is 0 Å². The van der Waals surface area contributed by atoms with Crippen LogP contribution in [0.1, 0.15) is 37.8 Å². The van der Waals surface area contributed by atoms with E-state index in [1.165, 1.54) is 50.9 Å². The van der Waals surface area contributed by atoms with Crippen molar-refractivity contribution in [1.29, 1.82) is 0 Å². The molecule has 1 saturated carbocycles. The fraction of sp³-hybridized carbons (Fsp3) is 0.571. The quantitative estimate of drug-likeness (QED) is 0.785. The van der Waals surface area contributed by atoms with Gasteiger partial charge >= 0.3 is 0 Å². The Morgan fingerprint density at radius 1 is 1.08 bits per heavy atom. The number of hydrogen-bond acceptors (Lipinski definition) is 5. The number of thiazole rings is 1. The summed E-state index contributed by atoms with van der Waals surface area (Å²) in [4.78, 5) is 10.2. The van der Waals surface area contributed by atoms with Crippen LogP contribution in [0.15, 0.2) is 29.6 Å². The van der Waals surface area contributed by atoms with Gasteiger partial charge in [0, 0.05) is 44.1 Å². The van der Waals surface area contributed by atoms with E-state index in [9.17, 15) is 0 Å². The van der Waals surface area contributed by atoms with E-state index in [0.717, 1.165) is 42.0 Å². The molecular weight excluding hydrogens is 342 g/mol. The summed E-state index contributed by atoms with van der Waals surface area (Å²) in [6, 6.07) is 8.99. The maximum absolute atomic E-state index is 5.48. The number of nitrogens with zero attached hydrogens (tertiary/aromatic N) is 3. The minimum absolute atomic E-state index is 0.849. The first-order valence-electron chi connectivity index (χ1n) is 9.87. The lowest BCUT2D eigenvalue weighted by molar-refractivity contribution is 0.0750. The van der Waals surface area contributed by atoms with E-state index < -0.39 is 0 Å². The second-order valence-corrected chi connectivity index (χ2v) is 8.31. The maximum atomic E-state index is 5.48. The lowest BCUT2D eigenvalue weighted by atomic mass is 9.94. The smallest absolute Gasteiger partial charge is 0.129 e. The third-order valence-corrected chi connectivity index (χ3v) is 6.70. The molecule has 1 aromatic heterocycles. The van der Waals surface area contributed by atoms with Crippen LogP contribution in [-0.4, -0.2) is 54.1 Å². The summed E-state index contributed by atoms with van der Waals surface area (Å²) in [5.41, 5.74) is 2.27. The van der Waals surface area contributed by atoms with Crippen LogP contribution in [0.2, 0.25) is 0 Å². The topological polar surface area (TPSA) is 28.6 Å². The molecule has 140 valence electrons. The predicted octanol–water partition coefficient (Wildman–Crippen LogP) is 4.27. The zero-order valence-corrected chi connectivity index (χ0v) is 16.5. The van der Waals surface area contributed by atoms with Crippen LogP contribution in [-0.2, 0) is 6.54 Å². The highest BCUT2D eigenvalue weighted by Gasteiger charge is 2.25. The first kappa shape index (κ1) is 18.0. The van der Waals surface area contributed by atoms with Crippen LogP contribution < -0.4 is 4.74 Å². The highest BCUT2D eigenvalue weighted by atomic mass is 32.1. The van der Waals surface area contributed by atoms with Gasteiger partial charge in [-0.25, -0.2) is 4.98 Å². The molecule has 5 heteroatoms. The van der Waals surface area contributed by atoms with E-state index in [0.29, 0.717) is 0 Å². The Hall–Kier alpha value is -1.43. The van der Waals surface area contributed by atoms with Crippen molar-refractivity contribution in [3.05, 3.63) is 35.3 Å². The molecule has 1 aliphatic carbocycles. The van der Waals surface area contributed by atoms with Gasteiger partial charge in [-0.05, 0) is 25.0 Å². The molecule has 0 atom stereocenters. The lowest BCUT2D eigenvalue weighted by Crippen LogP contribution is -2.50. The lowest BCUT2D eigenvalue weighted by Gasteiger charge is -2.40. The number of piperazine rings is 1. The van der Waals surface area contributed by atoms with Gasteiger partial charge in [0.15, 0.2) is 0 Å². The molecule has 0 bridgehead atoms. The zero-order chi connectivity index (χ0) is 17.8. The third-order valence-electron chi connectivity index (χ3n) is 5.77. The summed E-state index contributed by atoms with van der Waals surface area (Å²) in [6.07, 6.45) is 7.11. The Kier molecular flexibility index (Phi) is 5.88.